The van der Waals surface area contributed by atoms with Crippen molar-refractivity contribution in [3.05, 3.63) is 33.1 Å². The third-order valence-electron chi connectivity index (χ3n) is 2.24. The molecule has 0 fully saturated rings. The molecule has 0 atom stereocenters. The number of anilines is 1. The monoisotopic (exact) mass is 308 g/mol. The predicted octanol–water partition coefficient (Wildman–Crippen LogP) is 2.91. The number of thioether (sulfide) groups is 1. The molecule has 8 heteroatoms. The molecule has 0 saturated carbocycles. The van der Waals surface area contributed by atoms with Crippen molar-refractivity contribution >= 4 is 34.7 Å². The minimum atomic E-state index is -0.809. The Morgan fingerprint density at radius 2 is 2.21 bits per heavy atom. The summed E-state index contributed by atoms with van der Waals surface area (Å²) in [5, 5.41) is 22.1. The molecule has 0 saturated heterocycles. The molecule has 106 valence electrons. The molecule has 0 aliphatic rings. The smallest absolute Gasteiger partial charge is 0.295 e. The first-order valence-electron chi connectivity index (χ1n) is 5.62. The van der Waals surface area contributed by atoms with Crippen molar-refractivity contribution in [2.45, 2.75) is 6.42 Å². The molecule has 0 spiro atoms. The van der Waals surface area contributed by atoms with Crippen molar-refractivity contribution < 1.29 is 14.4 Å². The van der Waals surface area contributed by atoms with E-state index in [1.54, 1.807) is 11.8 Å². The average Bonchev–Trinajstić information content (AvgIpc) is 2.37. The first kappa shape index (κ1) is 16.0. The maximum Gasteiger partial charge on any atom is 0.295 e. The number of nitrogens with zero attached hydrogens (tertiary/aromatic N) is 1. The highest BCUT2D eigenvalue weighted by Crippen LogP contribution is 2.30. The summed E-state index contributed by atoms with van der Waals surface area (Å²) < 4.78 is 13.2. The lowest BCUT2D eigenvalue weighted by atomic mass is 10.2. The van der Waals surface area contributed by atoms with Crippen LogP contribution in [0.15, 0.2) is 12.1 Å². The average molecular weight is 309 g/mol. The van der Waals surface area contributed by atoms with Gasteiger partial charge in [-0.2, -0.15) is 11.8 Å². The van der Waals surface area contributed by atoms with Crippen molar-refractivity contribution in [2.24, 2.45) is 0 Å². The summed E-state index contributed by atoms with van der Waals surface area (Å²) in [5.41, 5.74) is -0.124. The Kier molecular flexibility index (Phi) is 6.90. The maximum atomic E-state index is 13.2. The molecule has 2 N–H and O–H groups in total. The van der Waals surface area contributed by atoms with Gasteiger partial charge in [0.25, 0.3) is 5.69 Å². The van der Waals surface area contributed by atoms with Crippen LogP contribution in [0, 0.1) is 15.9 Å². The van der Waals surface area contributed by atoms with E-state index in [9.17, 15) is 14.5 Å². The van der Waals surface area contributed by atoms with E-state index in [0.717, 1.165) is 17.6 Å². The van der Waals surface area contributed by atoms with E-state index in [1.807, 2.05) is 0 Å². The number of aliphatic hydroxyl groups is 1. The van der Waals surface area contributed by atoms with Gasteiger partial charge in [-0.1, -0.05) is 11.6 Å². The predicted molar refractivity (Wildman–Crippen MR) is 75.6 cm³/mol. The molecule has 0 aliphatic carbocycles. The van der Waals surface area contributed by atoms with E-state index in [4.69, 9.17) is 16.7 Å². The summed E-state index contributed by atoms with van der Waals surface area (Å²) in [6.45, 7) is 0.651. The number of nitro benzene ring substituents is 1. The molecular weight excluding hydrogens is 295 g/mol. The lowest BCUT2D eigenvalue weighted by Gasteiger charge is -2.07. The summed E-state index contributed by atoms with van der Waals surface area (Å²) >= 11 is 7.22. The zero-order valence-electron chi connectivity index (χ0n) is 10.1. The van der Waals surface area contributed by atoms with Gasteiger partial charge >= 0.3 is 0 Å². The van der Waals surface area contributed by atoms with E-state index in [0.29, 0.717) is 13.0 Å². The second-order valence-electron chi connectivity index (χ2n) is 3.66. The maximum absolute atomic E-state index is 13.2. The molecule has 1 aromatic carbocycles. The zero-order valence-corrected chi connectivity index (χ0v) is 11.6. The standard InChI is InChI=1S/C11H14ClFN2O3S/c12-8-6-10(11(15(17)18)7-9(8)13)14-2-5-19-4-1-3-16/h6-7,14,16H,1-5H2. The first-order valence-corrected chi connectivity index (χ1v) is 7.15. The Bertz CT molecular complexity index is 448. The Balaban J connectivity index is 2.57. The Morgan fingerprint density at radius 3 is 2.84 bits per heavy atom. The number of aliphatic hydroxyl groups excluding tert-OH is 1. The van der Waals surface area contributed by atoms with Crippen LogP contribution < -0.4 is 5.32 Å². The van der Waals surface area contributed by atoms with Crippen molar-refractivity contribution in [2.75, 3.05) is 30.0 Å². The molecule has 0 aromatic heterocycles. The fraction of sp³-hybridized carbons (Fsp3) is 0.455. The third kappa shape index (κ3) is 5.22. The summed E-state index contributed by atoms with van der Waals surface area (Å²) in [4.78, 5) is 10.1. The summed E-state index contributed by atoms with van der Waals surface area (Å²) in [6.07, 6.45) is 0.715. The number of hydrogen-bond acceptors (Lipinski definition) is 5. The first-order chi connectivity index (χ1) is 9.06. The van der Waals surface area contributed by atoms with Crippen LogP contribution >= 0.6 is 23.4 Å². The number of nitro groups is 1. The van der Waals surface area contributed by atoms with Crippen LogP contribution in [0.5, 0.6) is 0 Å². The largest absolute Gasteiger partial charge is 0.396 e. The zero-order chi connectivity index (χ0) is 14.3. The van der Waals surface area contributed by atoms with Gasteiger partial charge in [0.1, 0.15) is 11.5 Å². The Hall–Kier alpha value is -1.05. The van der Waals surface area contributed by atoms with E-state index < -0.39 is 10.7 Å². The van der Waals surface area contributed by atoms with Gasteiger partial charge in [-0.25, -0.2) is 4.39 Å². The third-order valence-corrected chi connectivity index (χ3v) is 3.60. The van der Waals surface area contributed by atoms with Crippen molar-refractivity contribution in [3.63, 3.8) is 0 Å². The normalized spacial score (nSPS) is 10.5. The molecule has 0 heterocycles. The molecule has 0 aliphatic heterocycles. The van der Waals surface area contributed by atoms with Crippen LogP contribution in [-0.2, 0) is 0 Å². The molecule has 1 aromatic rings. The number of benzene rings is 1. The van der Waals surface area contributed by atoms with E-state index >= 15 is 0 Å². The van der Waals surface area contributed by atoms with Gasteiger partial charge < -0.3 is 10.4 Å². The van der Waals surface area contributed by atoms with Gasteiger partial charge in [-0.15, -0.1) is 0 Å². The van der Waals surface area contributed by atoms with Crippen LogP contribution in [0.1, 0.15) is 6.42 Å². The second-order valence-corrected chi connectivity index (χ2v) is 5.29. The number of rotatable bonds is 8. The Morgan fingerprint density at radius 1 is 1.47 bits per heavy atom. The molecule has 1 rings (SSSR count). The topological polar surface area (TPSA) is 75.4 Å². The molecule has 0 radical (unpaired) electrons. The summed E-state index contributed by atoms with van der Waals surface area (Å²) in [6, 6.07) is 2.02. The fourth-order valence-electron chi connectivity index (χ4n) is 1.36. The van der Waals surface area contributed by atoms with Gasteiger partial charge in [-0.05, 0) is 18.2 Å². The van der Waals surface area contributed by atoms with Crippen molar-refractivity contribution in [1.82, 2.24) is 0 Å². The van der Waals surface area contributed by atoms with Gasteiger partial charge in [0.05, 0.1) is 16.0 Å². The molecule has 5 nitrogen and oxygen atoms in total. The quantitative estimate of drug-likeness (QED) is 0.439. The molecule has 0 bridgehead atoms. The van der Waals surface area contributed by atoms with Gasteiger partial charge in [-0.3, -0.25) is 10.1 Å². The van der Waals surface area contributed by atoms with Gasteiger partial charge in [0.2, 0.25) is 0 Å². The van der Waals surface area contributed by atoms with Crippen LogP contribution in [0.25, 0.3) is 0 Å². The SMILES string of the molecule is O=[N+]([O-])c1cc(F)c(Cl)cc1NCCSCCCO. The molecule has 0 amide bonds. The molecular formula is C11H14ClFN2O3S. The Labute approximate surface area is 119 Å². The van der Waals surface area contributed by atoms with Crippen LogP contribution in [-0.4, -0.2) is 34.7 Å². The highest BCUT2D eigenvalue weighted by molar-refractivity contribution is 7.99. The highest BCUT2D eigenvalue weighted by Gasteiger charge is 2.17. The van der Waals surface area contributed by atoms with Crippen LogP contribution in [0.3, 0.4) is 0 Å². The van der Waals surface area contributed by atoms with Crippen LogP contribution in [0.4, 0.5) is 15.8 Å². The van der Waals surface area contributed by atoms with E-state index in [2.05, 4.69) is 5.32 Å². The van der Waals surface area contributed by atoms with E-state index in [1.165, 1.54) is 6.07 Å². The highest BCUT2D eigenvalue weighted by atomic mass is 35.5. The lowest BCUT2D eigenvalue weighted by molar-refractivity contribution is -0.384. The summed E-state index contributed by atoms with van der Waals surface area (Å²) in [5.74, 6) is 0.743. The lowest BCUT2D eigenvalue weighted by Crippen LogP contribution is -2.07. The number of halogens is 2. The number of hydrogen-bond donors (Lipinski definition) is 2. The second kappa shape index (κ2) is 8.19. The van der Waals surface area contributed by atoms with Gasteiger partial charge in [0, 0.05) is 18.9 Å². The van der Waals surface area contributed by atoms with E-state index in [-0.39, 0.29) is 23.0 Å². The number of nitrogens with one attached hydrogen (secondary N) is 1. The van der Waals surface area contributed by atoms with Gasteiger partial charge in [0.15, 0.2) is 0 Å². The molecule has 0 unspecified atom stereocenters. The van der Waals surface area contributed by atoms with Crippen LogP contribution in [0.2, 0.25) is 5.02 Å². The minimum absolute atomic E-state index is 0.152. The van der Waals surface area contributed by atoms with Crippen molar-refractivity contribution in [3.8, 4) is 0 Å². The molecule has 19 heavy (non-hydrogen) atoms. The fourth-order valence-corrected chi connectivity index (χ4v) is 2.30. The van der Waals surface area contributed by atoms with Crippen molar-refractivity contribution in [1.29, 1.82) is 0 Å². The minimum Gasteiger partial charge on any atom is -0.396 e. The summed E-state index contributed by atoms with van der Waals surface area (Å²) in [7, 11) is 0.